The molecule has 12 heavy (non-hydrogen) atoms. The summed E-state index contributed by atoms with van der Waals surface area (Å²) in [5.41, 5.74) is 0. The van der Waals surface area contributed by atoms with E-state index in [1.54, 1.807) is 0 Å². The lowest BCUT2D eigenvalue weighted by atomic mass is 10.5. The van der Waals surface area contributed by atoms with Crippen LogP contribution >= 0.6 is 11.8 Å². The molecule has 1 rings (SSSR count). The Morgan fingerprint density at radius 2 is 2.25 bits per heavy atom. The van der Waals surface area contributed by atoms with E-state index in [9.17, 15) is 0 Å². The Bertz CT molecular complexity index is 128. The number of aliphatic hydroxyl groups is 1. The maximum atomic E-state index is 8.84. The van der Waals surface area contributed by atoms with Gasteiger partial charge in [-0.1, -0.05) is 6.92 Å². The zero-order valence-electron chi connectivity index (χ0n) is 7.69. The molecule has 0 aromatic heterocycles. The van der Waals surface area contributed by atoms with Gasteiger partial charge in [-0.25, -0.2) is 0 Å². The van der Waals surface area contributed by atoms with E-state index in [2.05, 4.69) is 18.9 Å². The van der Waals surface area contributed by atoms with Crippen LogP contribution in [-0.4, -0.2) is 54.0 Å². The second-order valence-corrected chi connectivity index (χ2v) is 4.19. The maximum absolute atomic E-state index is 8.84. The Balaban J connectivity index is 1.83. The summed E-state index contributed by atoms with van der Waals surface area (Å²) in [5, 5.41) is 8.84. The average Bonchev–Trinajstić information content (AvgIpc) is 2.75. The molecule has 3 nitrogen and oxygen atoms in total. The van der Waals surface area contributed by atoms with Crippen LogP contribution in [-0.2, 0) is 4.74 Å². The third kappa shape index (κ3) is 3.76. The predicted octanol–water partition coefficient (Wildman–Crippen LogP) is 0.388. The zero-order chi connectivity index (χ0) is 8.97. The first-order valence-electron chi connectivity index (χ1n) is 4.34. The van der Waals surface area contributed by atoms with Gasteiger partial charge in [-0.15, -0.1) is 0 Å². The summed E-state index contributed by atoms with van der Waals surface area (Å²) in [5.74, 6) is 2.05. The summed E-state index contributed by atoms with van der Waals surface area (Å²) in [4.78, 5) is 2.27. The van der Waals surface area contributed by atoms with Gasteiger partial charge in [-0.05, 0) is 13.6 Å². The number of rotatable bonds is 6. The average molecular weight is 191 g/mol. The monoisotopic (exact) mass is 191 g/mol. The number of nitrogens with zero attached hydrogens (tertiary/aromatic N) is 1. The van der Waals surface area contributed by atoms with Crippen LogP contribution in [0.25, 0.3) is 0 Å². The van der Waals surface area contributed by atoms with Crippen molar-refractivity contribution < 1.29 is 9.84 Å². The van der Waals surface area contributed by atoms with E-state index >= 15 is 0 Å². The molecule has 0 radical (unpaired) electrons. The van der Waals surface area contributed by atoms with Crippen molar-refractivity contribution in [2.45, 2.75) is 19.3 Å². The lowest BCUT2D eigenvalue weighted by Crippen LogP contribution is -2.20. The van der Waals surface area contributed by atoms with Crippen molar-refractivity contribution >= 4 is 11.8 Å². The van der Waals surface area contributed by atoms with E-state index in [0.717, 1.165) is 24.6 Å². The molecule has 1 aliphatic rings. The molecule has 2 unspecified atom stereocenters. The molecule has 0 aliphatic carbocycles. The predicted molar refractivity (Wildman–Crippen MR) is 51.4 cm³/mol. The molecular formula is C8H17NO2S. The summed E-state index contributed by atoms with van der Waals surface area (Å²) in [6, 6.07) is 0. The van der Waals surface area contributed by atoms with Gasteiger partial charge in [0, 0.05) is 18.1 Å². The Hall–Kier alpha value is 0.230. The highest BCUT2D eigenvalue weighted by molar-refractivity contribution is 7.99. The summed E-state index contributed by atoms with van der Waals surface area (Å²) >= 11 is 1.84. The summed E-state index contributed by atoms with van der Waals surface area (Å²) in [6.45, 7) is 4.37. The van der Waals surface area contributed by atoms with Gasteiger partial charge in [0.05, 0.1) is 0 Å². The Labute approximate surface area is 78.1 Å². The smallest absolute Gasteiger partial charge is 0.182 e. The van der Waals surface area contributed by atoms with Crippen molar-refractivity contribution in [1.29, 1.82) is 0 Å². The fraction of sp³-hybridized carbons (Fsp3) is 1.00. The van der Waals surface area contributed by atoms with Crippen LogP contribution < -0.4 is 0 Å². The summed E-state index contributed by atoms with van der Waals surface area (Å²) in [7, 11) is 2.11. The number of hydrogen-bond acceptors (Lipinski definition) is 4. The van der Waals surface area contributed by atoms with E-state index in [4.69, 9.17) is 9.84 Å². The van der Waals surface area contributed by atoms with Crippen molar-refractivity contribution in [3.05, 3.63) is 0 Å². The molecule has 0 spiro atoms. The first-order valence-corrected chi connectivity index (χ1v) is 5.49. The highest BCUT2D eigenvalue weighted by Gasteiger charge is 2.36. The lowest BCUT2D eigenvalue weighted by molar-refractivity contribution is 0.156. The first-order chi connectivity index (χ1) is 5.74. The third-order valence-corrected chi connectivity index (χ3v) is 3.03. The van der Waals surface area contributed by atoms with Crippen LogP contribution in [0.3, 0.4) is 0 Å². The molecule has 1 saturated heterocycles. The fourth-order valence-electron chi connectivity index (χ4n) is 0.833. The van der Waals surface area contributed by atoms with Crippen molar-refractivity contribution in [3.8, 4) is 0 Å². The SMILES string of the molecule is CCN(C)CCSCC1OC1O. The quantitative estimate of drug-likeness (QED) is 0.486. The highest BCUT2D eigenvalue weighted by atomic mass is 32.2. The normalized spacial score (nSPS) is 28.0. The minimum atomic E-state index is -0.471. The van der Waals surface area contributed by atoms with Crippen LogP contribution in [0.1, 0.15) is 6.92 Å². The van der Waals surface area contributed by atoms with Crippen LogP contribution in [0.15, 0.2) is 0 Å². The first kappa shape index (κ1) is 10.3. The molecule has 0 aromatic rings. The second-order valence-electron chi connectivity index (χ2n) is 3.04. The molecule has 1 fully saturated rings. The Morgan fingerprint density at radius 3 is 2.75 bits per heavy atom. The van der Waals surface area contributed by atoms with Gasteiger partial charge >= 0.3 is 0 Å². The van der Waals surface area contributed by atoms with E-state index in [1.165, 1.54) is 0 Å². The van der Waals surface area contributed by atoms with Crippen LogP contribution in [0.5, 0.6) is 0 Å². The van der Waals surface area contributed by atoms with Gasteiger partial charge in [0.1, 0.15) is 6.10 Å². The highest BCUT2D eigenvalue weighted by Crippen LogP contribution is 2.22. The number of aliphatic hydroxyl groups excluding tert-OH is 1. The second kappa shape index (κ2) is 5.07. The van der Waals surface area contributed by atoms with E-state index in [0.29, 0.717) is 0 Å². The maximum Gasteiger partial charge on any atom is 0.182 e. The Kier molecular flexibility index (Phi) is 4.35. The molecule has 0 aromatic carbocycles. The molecule has 1 heterocycles. The van der Waals surface area contributed by atoms with Crippen LogP contribution in [0.4, 0.5) is 0 Å². The molecule has 72 valence electrons. The molecular weight excluding hydrogens is 174 g/mol. The van der Waals surface area contributed by atoms with Gasteiger partial charge in [-0.2, -0.15) is 11.8 Å². The standard InChI is InChI=1S/C8H17NO2S/c1-3-9(2)4-5-12-6-7-8(10)11-7/h7-8,10H,3-6H2,1-2H3. The van der Waals surface area contributed by atoms with Crippen molar-refractivity contribution in [2.75, 3.05) is 31.6 Å². The van der Waals surface area contributed by atoms with Gasteiger partial charge in [0.15, 0.2) is 6.29 Å². The third-order valence-electron chi connectivity index (χ3n) is 1.99. The molecule has 0 saturated carbocycles. The van der Waals surface area contributed by atoms with Crippen LogP contribution in [0.2, 0.25) is 0 Å². The summed E-state index contributed by atoms with van der Waals surface area (Å²) < 4.78 is 4.87. The zero-order valence-corrected chi connectivity index (χ0v) is 8.51. The number of epoxide rings is 1. The number of ether oxygens (including phenoxy) is 1. The summed E-state index contributed by atoms with van der Waals surface area (Å²) in [6.07, 6.45) is -0.358. The lowest BCUT2D eigenvalue weighted by Gasteiger charge is -2.12. The molecule has 1 aliphatic heterocycles. The van der Waals surface area contributed by atoms with Gasteiger partial charge in [-0.3, -0.25) is 0 Å². The molecule has 0 amide bonds. The number of hydrogen-bond donors (Lipinski definition) is 1. The fourth-order valence-corrected chi connectivity index (χ4v) is 1.92. The van der Waals surface area contributed by atoms with E-state index < -0.39 is 6.29 Å². The minimum absolute atomic E-state index is 0.113. The van der Waals surface area contributed by atoms with E-state index in [1.807, 2.05) is 11.8 Å². The van der Waals surface area contributed by atoms with Gasteiger partial charge in [0.2, 0.25) is 0 Å². The Morgan fingerprint density at radius 1 is 1.58 bits per heavy atom. The van der Waals surface area contributed by atoms with Crippen molar-refractivity contribution in [2.24, 2.45) is 0 Å². The molecule has 1 N–H and O–H groups in total. The number of thioether (sulfide) groups is 1. The largest absolute Gasteiger partial charge is 0.366 e. The van der Waals surface area contributed by atoms with Gasteiger partial charge in [0.25, 0.3) is 0 Å². The van der Waals surface area contributed by atoms with Gasteiger partial charge < -0.3 is 14.7 Å². The molecule has 4 heteroatoms. The molecule has 0 bridgehead atoms. The van der Waals surface area contributed by atoms with Crippen LogP contribution in [0, 0.1) is 0 Å². The topological polar surface area (TPSA) is 36.0 Å². The van der Waals surface area contributed by atoms with E-state index in [-0.39, 0.29) is 6.10 Å². The van der Waals surface area contributed by atoms with Crippen molar-refractivity contribution in [3.63, 3.8) is 0 Å². The minimum Gasteiger partial charge on any atom is -0.366 e. The molecule has 2 atom stereocenters. The van der Waals surface area contributed by atoms with Crippen molar-refractivity contribution in [1.82, 2.24) is 4.90 Å².